The van der Waals surface area contributed by atoms with E-state index in [9.17, 15) is 18.0 Å². The van der Waals surface area contributed by atoms with E-state index in [2.05, 4.69) is 5.32 Å². The molecule has 0 aliphatic carbocycles. The Morgan fingerprint density at radius 1 is 0.971 bits per heavy atom. The smallest absolute Gasteiger partial charge is 0.348 e. The lowest BCUT2D eigenvalue weighted by Gasteiger charge is -2.30. The highest BCUT2D eigenvalue weighted by Gasteiger charge is 2.32. The van der Waals surface area contributed by atoms with Crippen LogP contribution in [-0.4, -0.2) is 59.0 Å². The number of hydrogen-bond donors (Lipinski definition) is 1. The molecule has 0 bridgehead atoms. The molecule has 2 heterocycles. The minimum Gasteiger partial charge on any atom is -0.493 e. The number of esters is 1. The molecule has 1 aliphatic rings. The van der Waals surface area contributed by atoms with Gasteiger partial charge in [0.15, 0.2) is 11.5 Å². The predicted octanol–water partition coefficient (Wildman–Crippen LogP) is 3.74. The maximum atomic E-state index is 13.1. The van der Waals surface area contributed by atoms with Crippen LogP contribution < -0.4 is 14.8 Å². The van der Waals surface area contributed by atoms with Gasteiger partial charge in [-0.2, -0.15) is 4.31 Å². The van der Waals surface area contributed by atoms with Crippen LogP contribution >= 0.6 is 11.3 Å². The van der Waals surface area contributed by atoms with Crippen molar-refractivity contribution in [1.29, 1.82) is 0 Å². The van der Waals surface area contributed by atoms with Crippen molar-refractivity contribution in [2.45, 2.75) is 17.7 Å². The van der Waals surface area contributed by atoms with E-state index in [-0.39, 0.29) is 29.8 Å². The van der Waals surface area contributed by atoms with Crippen molar-refractivity contribution >= 4 is 49.0 Å². The molecular formula is C24H26N2O7S2. The molecule has 2 aromatic carbocycles. The number of ether oxygens (including phenoxy) is 3. The molecule has 0 unspecified atom stereocenters. The standard InChI is InChI=1S/C24H26N2O7S2/c1-31-19-6-5-18(14-20(19)32-2)35(29,30)26-10-8-15(9-11-26)23(27)25-17-4-7-21-16(12-17)13-22(34-21)24(28)33-3/h4-7,12-15H,8-11H2,1-3H3,(H,25,27). The van der Waals surface area contributed by atoms with Gasteiger partial charge in [-0.1, -0.05) is 0 Å². The van der Waals surface area contributed by atoms with E-state index >= 15 is 0 Å². The Balaban J connectivity index is 1.40. The van der Waals surface area contributed by atoms with Gasteiger partial charge < -0.3 is 19.5 Å². The molecule has 0 atom stereocenters. The molecule has 1 aromatic heterocycles. The molecule has 9 nitrogen and oxygen atoms in total. The number of methoxy groups -OCH3 is 3. The predicted molar refractivity (Wildman–Crippen MR) is 133 cm³/mol. The quantitative estimate of drug-likeness (QED) is 0.474. The van der Waals surface area contributed by atoms with Crippen LogP contribution in [0.4, 0.5) is 5.69 Å². The Bertz CT molecular complexity index is 1360. The van der Waals surface area contributed by atoms with Gasteiger partial charge in [0.05, 0.1) is 26.2 Å². The first kappa shape index (κ1) is 25.0. The molecule has 1 N–H and O–H groups in total. The number of fused-ring (bicyclic) bond motifs is 1. The number of carbonyl (C=O) groups excluding carboxylic acids is 2. The number of thiophene rings is 1. The van der Waals surface area contributed by atoms with E-state index in [0.717, 1.165) is 10.1 Å². The van der Waals surface area contributed by atoms with Gasteiger partial charge in [0, 0.05) is 35.5 Å². The summed E-state index contributed by atoms with van der Waals surface area (Å²) in [5, 5.41) is 3.76. The Morgan fingerprint density at radius 2 is 1.69 bits per heavy atom. The number of sulfonamides is 1. The molecule has 186 valence electrons. The van der Waals surface area contributed by atoms with Crippen LogP contribution in [0.3, 0.4) is 0 Å². The Hall–Kier alpha value is -3.15. The molecule has 0 saturated carbocycles. The average Bonchev–Trinajstić information content (AvgIpc) is 3.31. The Morgan fingerprint density at radius 3 is 2.34 bits per heavy atom. The summed E-state index contributed by atoms with van der Waals surface area (Å²) >= 11 is 1.33. The number of nitrogens with zero attached hydrogens (tertiary/aromatic N) is 1. The molecule has 3 aromatic rings. The van der Waals surface area contributed by atoms with E-state index in [1.54, 1.807) is 18.2 Å². The van der Waals surface area contributed by atoms with Gasteiger partial charge in [0.2, 0.25) is 15.9 Å². The third-order valence-electron chi connectivity index (χ3n) is 5.99. The fourth-order valence-electron chi connectivity index (χ4n) is 4.05. The zero-order valence-electron chi connectivity index (χ0n) is 19.6. The zero-order valence-corrected chi connectivity index (χ0v) is 21.2. The Labute approximate surface area is 207 Å². The van der Waals surface area contributed by atoms with Crippen LogP contribution in [0.25, 0.3) is 10.1 Å². The molecule has 1 saturated heterocycles. The lowest BCUT2D eigenvalue weighted by atomic mass is 9.97. The molecule has 1 aliphatic heterocycles. The van der Waals surface area contributed by atoms with Gasteiger partial charge in [0.1, 0.15) is 4.88 Å². The number of anilines is 1. The number of rotatable bonds is 7. The van der Waals surface area contributed by atoms with E-state index < -0.39 is 16.0 Å². The maximum Gasteiger partial charge on any atom is 0.348 e. The summed E-state index contributed by atoms with van der Waals surface area (Å²) in [6.07, 6.45) is 0.817. The summed E-state index contributed by atoms with van der Waals surface area (Å²) in [6, 6.07) is 11.7. The SMILES string of the molecule is COC(=O)c1cc2cc(NC(=O)C3CCN(S(=O)(=O)c4ccc(OC)c(OC)c4)CC3)ccc2s1. The third kappa shape index (κ3) is 5.12. The maximum absolute atomic E-state index is 13.1. The highest BCUT2D eigenvalue weighted by Crippen LogP contribution is 2.33. The summed E-state index contributed by atoms with van der Waals surface area (Å²) in [7, 11) is 0.544. The molecule has 11 heteroatoms. The van der Waals surface area contributed by atoms with E-state index in [1.807, 2.05) is 12.1 Å². The van der Waals surface area contributed by atoms with Gasteiger partial charge in [0.25, 0.3) is 0 Å². The monoisotopic (exact) mass is 518 g/mol. The van der Waals surface area contributed by atoms with Crippen molar-refractivity contribution in [1.82, 2.24) is 4.31 Å². The fraction of sp³-hybridized carbons (Fsp3) is 0.333. The third-order valence-corrected chi connectivity index (χ3v) is 8.98. The highest BCUT2D eigenvalue weighted by atomic mass is 32.2. The summed E-state index contributed by atoms with van der Waals surface area (Å²) in [5.41, 5.74) is 0.622. The van der Waals surface area contributed by atoms with Gasteiger partial charge in [-0.25, -0.2) is 13.2 Å². The second kappa shape index (κ2) is 10.2. The number of benzene rings is 2. The minimum atomic E-state index is -3.73. The first-order valence-corrected chi connectivity index (χ1v) is 13.2. The number of amides is 1. The van der Waals surface area contributed by atoms with Crippen LogP contribution in [0.1, 0.15) is 22.5 Å². The molecule has 0 spiro atoms. The van der Waals surface area contributed by atoms with Crippen LogP contribution in [0, 0.1) is 5.92 Å². The van der Waals surface area contributed by atoms with Crippen molar-refractivity contribution in [3.63, 3.8) is 0 Å². The largest absolute Gasteiger partial charge is 0.493 e. The Kier molecular flexibility index (Phi) is 7.29. The molecule has 35 heavy (non-hydrogen) atoms. The van der Waals surface area contributed by atoms with Crippen LogP contribution in [0.2, 0.25) is 0 Å². The van der Waals surface area contributed by atoms with Crippen LogP contribution in [-0.2, 0) is 19.6 Å². The molecule has 1 fully saturated rings. The van der Waals surface area contributed by atoms with Crippen molar-refractivity contribution in [3.8, 4) is 11.5 Å². The van der Waals surface area contributed by atoms with Crippen molar-refractivity contribution in [2.75, 3.05) is 39.7 Å². The van der Waals surface area contributed by atoms with Gasteiger partial charge >= 0.3 is 5.97 Å². The minimum absolute atomic E-state index is 0.119. The second-order valence-corrected chi connectivity index (χ2v) is 11.1. The average molecular weight is 519 g/mol. The topological polar surface area (TPSA) is 111 Å². The fourth-order valence-corrected chi connectivity index (χ4v) is 6.50. The summed E-state index contributed by atoms with van der Waals surface area (Å²) in [4.78, 5) is 25.2. The van der Waals surface area contributed by atoms with Crippen molar-refractivity contribution in [3.05, 3.63) is 47.3 Å². The summed E-state index contributed by atoms with van der Waals surface area (Å²) < 4.78 is 43.7. The lowest BCUT2D eigenvalue weighted by Crippen LogP contribution is -2.41. The van der Waals surface area contributed by atoms with Gasteiger partial charge in [-0.05, 0) is 54.6 Å². The van der Waals surface area contributed by atoms with Crippen LogP contribution in [0.5, 0.6) is 11.5 Å². The van der Waals surface area contributed by atoms with E-state index in [4.69, 9.17) is 14.2 Å². The summed E-state index contributed by atoms with van der Waals surface area (Å²) in [5.74, 6) is -0.0775. The highest BCUT2D eigenvalue weighted by molar-refractivity contribution is 7.89. The normalized spacial score (nSPS) is 15.1. The zero-order chi connectivity index (χ0) is 25.2. The number of hydrogen-bond acceptors (Lipinski definition) is 8. The van der Waals surface area contributed by atoms with E-state index in [1.165, 1.54) is 49.1 Å². The number of piperidine rings is 1. The molecular weight excluding hydrogens is 492 g/mol. The van der Waals surface area contributed by atoms with E-state index in [0.29, 0.717) is 34.9 Å². The number of carbonyl (C=O) groups is 2. The summed E-state index contributed by atoms with van der Waals surface area (Å²) in [6.45, 7) is 0.474. The first-order valence-electron chi connectivity index (χ1n) is 10.9. The van der Waals surface area contributed by atoms with Gasteiger partial charge in [-0.15, -0.1) is 11.3 Å². The van der Waals surface area contributed by atoms with Crippen molar-refractivity contribution in [2.24, 2.45) is 5.92 Å². The molecule has 0 radical (unpaired) electrons. The van der Waals surface area contributed by atoms with Crippen molar-refractivity contribution < 1.29 is 32.2 Å². The molecule has 4 rings (SSSR count). The second-order valence-electron chi connectivity index (χ2n) is 8.04. The van der Waals surface area contributed by atoms with Crippen LogP contribution in [0.15, 0.2) is 47.4 Å². The number of nitrogens with one attached hydrogen (secondary N) is 1. The first-order chi connectivity index (χ1) is 16.8. The van der Waals surface area contributed by atoms with Gasteiger partial charge in [-0.3, -0.25) is 4.79 Å². The molecule has 1 amide bonds. The lowest BCUT2D eigenvalue weighted by molar-refractivity contribution is -0.120.